The lowest BCUT2D eigenvalue weighted by molar-refractivity contribution is 0.838. The van der Waals surface area contributed by atoms with E-state index in [0.29, 0.717) is 16.0 Å². The molecule has 9 heteroatoms. The van der Waals surface area contributed by atoms with Gasteiger partial charge < -0.3 is 9.80 Å². The highest BCUT2D eigenvalue weighted by Crippen LogP contribution is 2.23. The van der Waals surface area contributed by atoms with Crippen LogP contribution < -0.4 is 15.2 Å². The molecule has 0 saturated carbocycles. The first kappa shape index (κ1) is 18.3. The van der Waals surface area contributed by atoms with Crippen LogP contribution in [0.25, 0.3) is 0 Å². The van der Waals surface area contributed by atoms with Crippen molar-refractivity contribution < 1.29 is 0 Å². The van der Waals surface area contributed by atoms with Crippen molar-refractivity contribution in [3.05, 3.63) is 33.8 Å². The van der Waals surface area contributed by atoms with E-state index in [-0.39, 0.29) is 0 Å². The quantitative estimate of drug-likeness (QED) is 0.601. The SMILES string of the molecule is Clc1ccc(C=NNc2nc(N3CCCC3)nc(N3CCCC3)n2)cc1Cl. The number of aromatic nitrogens is 3. The largest absolute Gasteiger partial charge is 0.341 e. The van der Waals surface area contributed by atoms with E-state index in [1.165, 1.54) is 25.7 Å². The van der Waals surface area contributed by atoms with Gasteiger partial charge in [-0.1, -0.05) is 29.3 Å². The standard InChI is InChI=1S/C18H21Cl2N7/c19-14-6-5-13(11-15(14)20)12-21-25-16-22-17(26-7-1-2-8-26)24-18(23-16)27-9-3-4-10-27/h5-6,11-12H,1-4,7-10H2,(H,22,23,24,25). The maximum atomic E-state index is 6.04. The van der Waals surface area contributed by atoms with Crippen molar-refractivity contribution in [2.45, 2.75) is 25.7 Å². The molecule has 1 aromatic carbocycles. The van der Waals surface area contributed by atoms with E-state index in [9.17, 15) is 0 Å². The molecule has 3 heterocycles. The third kappa shape index (κ3) is 4.42. The fraction of sp³-hybridized carbons (Fsp3) is 0.444. The number of hydrogen-bond acceptors (Lipinski definition) is 7. The van der Waals surface area contributed by atoms with Gasteiger partial charge in [-0.15, -0.1) is 0 Å². The normalized spacial score (nSPS) is 17.3. The molecule has 4 rings (SSSR count). The summed E-state index contributed by atoms with van der Waals surface area (Å²) in [5, 5.41) is 5.26. The maximum Gasteiger partial charge on any atom is 0.250 e. The smallest absolute Gasteiger partial charge is 0.250 e. The first-order chi connectivity index (χ1) is 13.2. The molecule has 1 aromatic heterocycles. The van der Waals surface area contributed by atoms with Crippen molar-refractivity contribution in [2.24, 2.45) is 5.10 Å². The van der Waals surface area contributed by atoms with Gasteiger partial charge in [0.25, 0.3) is 0 Å². The summed E-state index contributed by atoms with van der Waals surface area (Å²) in [6, 6.07) is 5.34. The predicted molar refractivity (Wildman–Crippen MR) is 110 cm³/mol. The number of nitrogens with zero attached hydrogens (tertiary/aromatic N) is 6. The molecule has 0 radical (unpaired) electrons. The highest BCUT2D eigenvalue weighted by atomic mass is 35.5. The third-order valence-corrected chi connectivity index (χ3v) is 5.45. The Morgan fingerprint density at radius 1 is 0.852 bits per heavy atom. The Hall–Kier alpha value is -2.12. The summed E-state index contributed by atoms with van der Waals surface area (Å²) >= 11 is 12.0. The molecule has 2 aliphatic heterocycles. The Morgan fingerprint density at radius 2 is 1.44 bits per heavy atom. The van der Waals surface area contributed by atoms with Crippen molar-refractivity contribution >= 4 is 47.3 Å². The molecule has 27 heavy (non-hydrogen) atoms. The topological polar surface area (TPSA) is 69.5 Å². The van der Waals surface area contributed by atoms with Gasteiger partial charge >= 0.3 is 0 Å². The molecule has 0 unspecified atom stereocenters. The van der Waals surface area contributed by atoms with Crippen LogP contribution in [-0.4, -0.2) is 47.3 Å². The van der Waals surface area contributed by atoms with Gasteiger partial charge in [0.2, 0.25) is 17.8 Å². The summed E-state index contributed by atoms with van der Waals surface area (Å²) < 4.78 is 0. The maximum absolute atomic E-state index is 6.04. The number of halogens is 2. The summed E-state index contributed by atoms with van der Waals surface area (Å²) in [4.78, 5) is 18.2. The van der Waals surface area contributed by atoms with Crippen LogP contribution in [0.5, 0.6) is 0 Å². The molecular formula is C18H21Cl2N7. The van der Waals surface area contributed by atoms with Crippen molar-refractivity contribution in [1.29, 1.82) is 0 Å². The van der Waals surface area contributed by atoms with Gasteiger partial charge in [-0.2, -0.15) is 20.1 Å². The Morgan fingerprint density at radius 3 is 2.00 bits per heavy atom. The number of nitrogens with one attached hydrogen (secondary N) is 1. The van der Waals surface area contributed by atoms with E-state index in [4.69, 9.17) is 28.2 Å². The predicted octanol–water partition coefficient (Wildman–Crippen LogP) is 3.82. The number of hydrogen-bond donors (Lipinski definition) is 1. The van der Waals surface area contributed by atoms with Gasteiger partial charge in [-0.3, -0.25) is 0 Å². The second-order valence-corrected chi connectivity index (χ2v) is 7.51. The van der Waals surface area contributed by atoms with E-state index in [1.54, 1.807) is 18.3 Å². The highest BCUT2D eigenvalue weighted by Gasteiger charge is 2.21. The lowest BCUT2D eigenvalue weighted by Crippen LogP contribution is -2.25. The van der Waals surface area contributed by atoms with Crippen LogP contribution in [0, 0.1) is 0 Å². The molecule has 0 aliphatic carbocycles. The molecule has 142 valence electrons. The van der Waals surface area contributed by atoms with Gasteiger partial charge in [0.1, 0.15) is 0 Å². The molecule has 0 bridgehead atoms. The Balaban J connectivity index is 1.54. The molecule has 7 nitrogen and oxygen atoms in total. The summed E-state index contributed by atoms with van der Waals surface area (Å²) in [5.74, 6) is 1.89. The molecule has 2 fully saturated rings. The van der Waals surface area contributed by atoms with Gasteiger partial charge in [-0.25, -0.2) is 5.43 Å². The second kappa shape index (κ2) is 8.27. The Labute approximate surface area is 168 Å². The molecule has 2 aliphatic rings. The zero-order chi connectivity index (χ0) is 18.6. The van der Waals surface area contributed by atoms with Gasteiger partial charge in [-0.05, 0) is 43.4 Å². The van der Waals surface area contributed by atoms with Crippen LogP contribution in [-0.2, 0) is 0 Å². The molecule has 2 saturated heterocycles. The monoisotopic (exact) mass is 405 g/mol. The first-order valence-electron chi connectivity index (χ1n) is 9.19. The Bertz CT molecular complexity index is 796. The number of hydrazone groups is 1. The summed E-state index contributed by atoms with van der Waals surface area (Å²) in [5.41, 5.74) is 3.77. The summed E-state index contributed by atoms with van der Waals surface area (Å²) in [6.45, 7) is 3.93. The molecule has 0 atom stereocenters. The van der Waals surface area contributed by atoms with Crippen LogP contribution in [0.2, 0.25) is 10.0 Å². The fourth-order valence-electron chi connectivity index (χ4n) is 3.28. The zero-order valence-corrected chi connectivity index (χ0v) is 16.4. The van der Waals surface area contributed by atoms with Crippen LogP contribution in [0.4, 0.5) is 17.8 Å². The molecule has 1 N–H and O–H groups in total. The molecule has 0 spiro atoms. The van der Waals surface area contributed by atoms with E-state index in [0.717, 1.165) is 43.6 Å². The first-order valence-corrected chi connectivity index (χ1v) is 9.95. The lowest BCUT2D eigenvalue weighted by atomic mass is 10.2. The van der Waals surface area contributed by atoms with Crippen molar-refractivity contribution in [1.82, 2.24) is 15.0 Å². The third-order valence-electron chi connectivity index (χ3n) is 4.71. The minimum atomic E-state index is 0.449. The molecule has 0 amide bonds. The number of benzene rings is 1. The van der Waals surface area contributed by atoms with E-state index >= 15 is 0 Å². The molecule has 2 aromatic rings. The van der Waals surface area contributed by atoms with Crippen LogP contribution in [0.1, 0.15) is 31.2 Å². The number of anilines is 3. The lowest BCUT2D eigenvalue weighted by Gasteiger charge is -2.20. The van der Waals surface area contributed by atoms with Crippen LogP contribution in [0.15, 0.2) is 23.3 Å². The second-order valence-electron chi connectivity index (χ2n) is 6.69. The summed E-state index contributed by atoms with van der Waals surface area (Å²) in [7, 11) is 0. The average molecular weight is 406 g/mol. The summed E-state index contributed by atoms with van der Waals surface area (Å²) in [6.07, 6.45) is 6.34. The van der Waals surface area contributed by atoms with Gasteiger partial charge in [0.05, 0.1) is 16.3 Å². The van der Waals surface area contributed by atoms with E-state index in [1.807, 2.05) is 6.07 Å². The average Bonchev–Trinajstić information content (AvgIpc) is 3.38. The van der Waals surface area contributed by atoms with Gasteiger partial charge in [0, 0.05) is 26.2 Å². The van der Waals surface area contributed by atoms with Gasteiger partial charge in [0.15, 0.2) is 0 Å². The minimum Gasteiger partial charge on any atom is -0.341 e. The number of rotatable bonds is 5. The van der Waals surface area contributed by atoms with Crippen LogP contribution >= 0.6 is 23.2 Å². The fourth-order valence-corrected chi connectivity index (χ4v) is 3.58. The van der Waals surface area contributed by atoms with Crippen molar-refractivity contribution in [2.75, 3.05) is 41.4 Å². The minimum absolute atomic E-state index is 0.449. The zero-order valence-electron chi connectivity index (χ0n) is 14.9. The molecular weight excluding hydrogens is 385 g/mol. The van der Waals surface area contributed by atoms with Crippen molar-refractivity contribution in [3.8, 4) is 0 Å². The Kier molecular flexibility index (Phi) is 5.59. The van der Waals surface area contributed by atoms with Crippen molar-refractivity contribution in [3.63, 3.8) is 0 Å². The van der Waals surface area contributed by atoms with Crippen LogP contribution in [0.3, 0.4) is 0 Å². The van der Waals surface area contributed by atoms with E-state index in [2.05, 4.69) is 30.3 Å². The highest BCUT2D eigenvalue weighted by molar-refractivity contribution is 6.42. The van der Waals surface area contributed by atoms with E-state index < -0.39 is 0 Å².